The fourth-order valence-electron chi connectivity index (χ4n) is 9.88. The summed E-state index contributed by atoms with van der Waals surface area (Å²) in [7, 11) is 0. The second-order valence-electron chi connectivity index (χ2n) is 15.8. The van der Waals surface area contributed by atoms with Crippen molar-refractivity contribution in [3.63, 3.8) is 0 Å². The molecular weight excluding hydrogens is 800 g/mol. The number of nitrogens with zero attached hydrogens (tertiary/aromatic N) is 12. The van der Waals surface area contributed by atoms with Crippen molar-refractivity contribution < 1.29 is 17.1 Å². The molecule has 6 aliphatic rings. The van der Waals surface area contributed by atoms with Crippen molar-refractivity contribution in [1.29, 1.82) is 0 Å². The molecular formula is C48H60MnN12. The van der Waals surface area contributed by atoms with Crippen LogP contribution in [-0.2, 0) is 17.1 Å². The Labute approximate surface area is 372 Å². The van der Waals surface area contributed by atoms with E-state index in [2.05, 4.69) is 193 Å². The summed E-state index contributed by atoms with van der Waals surface area (Å²) < 4.78 is 0. The first-order valence-corrected chi connectivity index (χ1v) is 22.2. The fraction of sp³-hybridized carbons (Fsp3) is 0.417. The first-order chi connectivity index (χ1) is 29.4. The van der Waals surface area contributed by atoms with Gasteiger partial charge in [-0.15, -0.1) is 22.1 Å². The largest absolute Gasteiger partial charge is 2.00 e. The van der Waals surface area contributed by atoms with Gasteiger partial charge in [-0.3, -0.25) is 0 Å². The van der Waals surface area contributed by atoms with E-state index in [9.17, 15) is 0 Å². The average Bonchev–Trinajstić information content (AvgIpc) is 4.13. The van der Waals surface area contributed by atoms with Crippen LogP contribution in [0, 0.1) is 0 Å². The van der Waals surface area contributed by atoms with Crippen molar-refractivity contribution in [2.45, 2.75) is 80.1 Å². The summed E-state index contributed by atoms with van der Waals surface area (Å²) in [6, 6.07) is 8.85. The molecule has 9 rings (SSSR count). The third-order valence-corrected chi connectivity index (χ3v) is 13.0. The van der Waals surface area contributed by atoms with Crippen LogP contribution >= 0.6 is 0 Å². The van der Waals surface area contributed by atoms with E-state index in [-0.39, 0.29) is 41.7 Å². The molecule has 12 nitrogen and oxygen atoms in total. The van der Waals surface area contributed by atoms with Crippen LogP contribution < -0.4 is 9.97 Å². The van der Waals surface area contributed by atoms with Crippen LogP contribution in [0.3, 0.4) is 0 Å². The first kappa shape index (κ1) is 42.2. The monoisotopic (exact) mass is 859 g/mol. The third-order valence-electron chi connectivity index (χ3n) is 13.0. The molecule has 0 spiro atoms. The van der Waals surface area contributed by atoms with Crippen molar-refractivity contribution in [3.8, 4) is 0 Å². The molecule has 0 saturated carbocycles. The molecule has 61 heavy (non-hydrogen) atoms. The van der Waals surface area contributed by atoms with Gasteiger partial charge < -0.3 is 49.2 Å². The van der Waals surface area contributed by atoms with Gasteiger partial charge in [-0.2, -0.15) is 0 Å². The van der Waals surface area contributed by atoms with Crippen molar-refractivity contribution in [1.82, 2.24) is 59.1 Å². The molecule has 0 aliphatic carbocycles. The van der Waals surface area contributed by atoms with Gasteiger partial charge in [0.2, 0.25) is 0 Å². The normalized spacial score (nSPS) is 18.0. The molecule has 1 radical (unpaired) electrons. The molecule has 0 amide bonds. The molecule has 3 aromatic rings. The zero-order valence-electron chi connectivity index (χ0n) is 36.9. The van der Waals surface area contributed by atoms with E-state index in [4.69, 9.17) is 19.9 Å². The molecule has 0 saturated heterocycles. The van der Waals surface area contributed by atoms with E-state index in [1.165, 1.54) is 0 Å². The van der Waals surface area contributed by atoms with Gasteiger partial charge >= 0.3 is 17.1 Å². The Morgan fingerprint density at radius 2 is 0.525 bits per heavy atom. The minimum atomic E-state index is -0.0661. The fourth-order valence-corrected chi connectivity index (χ4v) is 9.88. The molecule has 3 aromatic heterocycles. The van der Waals surface area contributed by atoms with Crippen LogP contribution in [0.2, 0.25) is 0 Å². The summed E-state index contributed by atoms with van der Waals surface area (Å²) in [4.78, 5) is 41.8. The van der Waals surface area contributed by atoms with E-state index in [1.54, 1.807) is 0 Å². The standard InChI is InChI=1S/C48H60N12.Mn/c1-9-53-25-26-54(10-2)45(53)41-33-17-19-35(49-33)42(46-55(11-3)27-28-56(46)12-4)37-21-23-39(51-37)44(48-59(15-7)31-32-60(48)16-8)40-24-22-38(52-40)43(36-20-18-34(41)50-36)47-57(13-5)29-30-58(47)14-6;/h17-32,45-48H,9-16H2,1-8H3;/q-2;+2. The second-order valence-corrected chi connectivity index (χ2v) is 15.8. The summed E-state index contributed by atoms with van der Waals surface area (Å²) in [6.07, 6.45) is 26.3. The van der Waals surface area contributed by atoms with Crippen LogP contribution in [0.4, 0.5) is 0 Å². The number of hydrogen-bond donors (Lipinski definition) is 0. The topological polar surface area (TPSA) is 79.9 Å². The van der Waals surface area contributed by atoms with E-state index in [0.717, 1.165) is 119 Å². The van der Waals surface area contributed by atoms with Gasteiger partial charge in [0.25, 0.3) is 0 Å². The van der Waals surface area contributed by atoms with E-state index < -0.39 is 0 Å². The smallest absolute Gasteiger partial charge is 0.657 e. The van der Waals surface area contributed by atoms with Crippen molar-refractivity contribution >= 4 is 46.4 Å². The molecule has 0 fully saturated rings. The summed E-state index contributed by atoms with van der Waals surface area (Å²) in [5.74, 6) is 0. The minimum Gasteiger partial charge on any atom is -0.657 e. The van der Waals surface area contributed by atoms with Gasteiger partial charge in [0, 0.05) is 124 Å². The Hall–Kier alpha value is -5.52. The quantitative estimate of drug-likeness (QED) is 0.113. The summed E-state index contributed by atoms with van der Waals surface area (Å²) in [5.41, 5.74) is 11.8. The van der Waals surface area contributed by atoms with Crippen molar-refractivity contribution in [3.05, 3.63) is 119 Å². The zero-order valence-corrected chi connectivity index (χ0v) is 38.1. The summed E-state index contributed by atoms with van der Waals surface area (Å²) in [5, 5.41) is 0. The van der Waals surface area contributed by atoms with Crippen LogP contribution in [-0.4, -0.2) is 102 Å². The van der Waals surface area contributed by atoms with Gasteiger partial charge in [-0.1, -0.05) is 24.3 Å². The number of rotatable bonds is 12. The Morgan fingerprint density at radius 3 is 0.689 bits per heavy atom. The maximum absolute atomic E-state index is 5.64. The van der Waals surface area contributed by atoms with Crippen LogP contribution in [0.5, 0.6) is 0 Å². The summed E-state index contributed by atoms with van der Waals surface area (Å²) >= 11 is 0. The molecule has 0 atom stereocenters. The zero-order chi connectivity index (χ0) is 41.7. The molecule has 0 unspecified atom stereocenters. The van der Waals surface area contributed by atoms with Crippen LogP contribution in [0.1, 0.15) is 125 Å². The Kier molecular flexibility index (Phi) is 12.1. The number of aromatic nitrogens is 4. The van der Waals surface area contributed by atoms with Crippen LogP contribution in [0.15, 0.2) is 73.9 Å². The summed E-state index contributed by atoms with van der Waals surface area (Å²) in [6.45, 7) is 24.6. The maximum atomic E-state index is 5.64. The number of fused-ring (bicyclic) bond motifs is 8. The molecule has 13 heteroatoms. The van der Waals surface area contributed by atoms with Gasteiger partial charge in [-0.05, 0) is 79.7 Å². The molecule has 0 N–H and O–H groups in total. The molecule has 6 aliphatic heterocycles. The van der Waals surface area contributed by atoms with Crippen molar-refractivity contribution in [2.75, 3.05) is 52.4 Å². The maximum Gasteiger partial charge on any atom is 2.00 e. The molecule has 319 valence electrons. The molecule has 0 aromatic carbocycles. The Bertz CT molecular complexity index is 2070. The van der Waals surface area contributed by atoms with Gasteiger partial charge in [0.15, 0.2) is 0 Å². The Morgan fingerprint density at radius 1 is 0.344 bits per heavy atom. The number of hydrogen-bond acceptors (Lipinski definition) is 10. The van der Waals surface area contributed by atoms with Gasteiger partial charge in [-0.25, -0.2) is 9.97 Å². The predicted molar refractivity (Wildman–Crippen MR) is 243 cm³/mol. The molecule has 9 heterocycles. The first-order valence-electron chi connectivity index (χ1n) is 22.2. The van der Waals surface area contributed by atoms with E-state index in [0.29, 0.717) is 0 Å². The Balaban J connectivity index is 0.00000514. The average molecular weight is 860 g/mol. The van der Waals surface area contributed by atoms with E-state index in [1.807, 2.05) is 0 Å². The van der Waals surface area contributed by atoms with Gasteiger partial charge in [0.05, 0.1) is 22.8 Å². The van der Waals surface area contributed by atoms with Gasteiger partial charge in [0.1, 0.15) is 24.7 Å². The van der Waals surface area contributed by atoms with Crippen LogP contribution in [0.25, 0.3) is 46.4 Å². The van der Waals surface area contributed by atoms with E-state index >= 15 is 0 Å². The molecule has 8 bridgehead atoms. The second kappa shape index (κ2) is 17.5. The van der Waals surface area contributed by atoms with Crippen molar-refractivity contribution in [2.24, 2.45) is 0 Å². The minimum absolute atomic E-state index is 0. The third kappa shape index (κ3) is 6.99. The predicted octanol–water partition coefficient (Wildman–Crippen LogP) is 8.42. The SMILES string of the molecule is CCN1C=CN(CC)C1c1c2nc(c(C3N(CC)C=CN3CC)c3ccc([n-]3)c(C3N(CC)C=CN3CC)c3nc(c(C4N(CC)C=CN4CC)c4ccc1[n-]4)C=C3)C=C2.[Mn+2].